The number of nitrogens with zero attached hydrogens (tertiary/aromatic N) is 1. The predicted molar refractivity (Wildman–Crippen MR) is 72.5 cm³/mol. The molecule has 0 atom stereocenters. The van der Waals surface area contributed by atoms with Gasteiger partial charge in [0.15, 0.2) is 0 Å². The summed E-state index contributed by atoms with van der Waals surface area (Å²) in [4.78, 5) is 14.0. The van der Waals surface area contributed by atoms with Crippen molar-refractivity contribution in [1.29, 1.82) is 0 Å². The summed E-state index contributed by atoms with van der Waals surface area (Å²) in [7, 11) is 1.39. The number of rotatable bonds is 3. The monoisotopic (exact) mass is 279 g/mol. The fourth-order valence-corrected chi connectivity index (χ4v) is 3.34. The number of carbonyl (C=O) groups excluding carboxylic acids is 1. The Morgan fingerprint density at radius 2 is 2.25 bits per heavy atom. The molecule has 0 radical (unpaired) electrons. The van der Waals surface area contributed by atoms with E-state index < -0.39 is 0 Å². The summed E-state index contributed by atoms with van der Waals surface area (Å²) < 4.78 is 16.2. The Balaban J connectivity index is 1.68. The highest BCUT2D eigenvalue weighted by Gasteiger charge is 2.39. The maximum Gasteiger partial charge on any atom is 0.341 e. The van der Waals surface area contributed by atoms with Crippen LogP contribution in [0.25, 0.3) is 0 Å². The van der Waals surface area contributed by atoms with Gasteiger partial charge in [0.2, 0.25) is 0 Å². The van der Waals surface area contributed by atoms with Crippen molar-refractivity contribution in [2.24, 2.45) is 0 Å². The molecule has 0 bridgehead atoms. The van der Waals surface area contributed by atoms with Crippen molar-refractivity contribution >= 4 is 5.97 Å². The molecule has 110 valence electrons. The topological polar surface area (TPSA) is 51.9 Å². The Morgan fingerprint density at radius 3 is 3.00 bits per heavy atom. The van der Waals surface area contributed by atoms with Crippen LogP contribution in [0.3, 0.4) is 0 Å². The lowest BCUT2D eigenvalue weighted by Crippen LogP contribution is -2.49. The van der Waals surface area contributed by atoms with Crippen molar-refractivity contribution in [3.8, 4) is 0 Å². The normalized spacial score (nSPS) is 22.2. The number of hydrogen-bond acceptors (Lipinski definition) is 5. The van der Waals surface area contributed by atoms with Crippen LogP contribution in [-0.2, 0) is 16.0 Å². The molecule has 0 N–H and O–H groups in total. The molecule has 5 heteroatoms. The standard InChI is InChI=1S/C15H21NO4/c1-18-14(17)12-4-8-19-13(12)10-16-7-9-20-15(11-16)5-2-3-6-15/h4,8H,2-3,5-7,9-11H2,1H3. The molecule has 1 aliphatic carbocycles. The van der Waals surface area contributed by atoms with E-state index in [1.807, 2.05) is 0 Å². The zero-order valence-electron chi connectivity index (χ0n) is 11.9. The average Bonchev–Trinajstić information content (AvgIpc) is 3.08. The SMILES string of the molecule is COC(=O)c1ccoc1CN1CCOC2(CCCC2)C1. The van der Waals surface area contributed by atoms with Gasteiger partial charge in [-0.15, -0.1) is 0 Å². The summed E-state index contributed by atoms with van der Waals surface area (Å²) in [6.45, 7) is 3.20. The lowest BCUT2D eigenvalue weighted by Gasteiger charge is -2.40. The molecule has 5 nitrogen and oxygen atoms in total. The van der Waals surface area contributed by atoms with Crippen LogP contribution in [-0.4, -0.2) is 43.3 Å². The third kappa shape index (κ3) is 2.60. The van der Waals surface area contributed by atoms with Crippen LogP contribution in [0.15, 0.2) is 16.7 Å². The van der Waals surface area contributed by atoms with Crippen LogP contribution >= 0.6 is 0 Å². The van der Waals surface area contributed by atoms with Gasteiger partial charge in [0.1, 0.15) is 11.3 Å². The predicted octanol–water partition coefficient (Wildman–Crippen LogP) is 2.21. The summed E-state index contributed by atoms with van der Waals surface area (Å²) in [5.41, 5.74) is 0.565. The second kappa shape index (κ2) is 5.58. The van der Waals surface area contributed by atoms with Gasteiger partial charge in [0.25, 0.3) is 0 Å². The summed E-state index contributed by atoms with van der Waals surface area (Å²) >= 11 is 0. The molecule has 0 unspecified atom stereocenters. The Labute approximate surface area is 118 Å². The van der Waals surface area contributed by atoms with Gasteiger partial charge in [0.05, 0.1) is 32.1 Å². The van der Waals surface area contributed by atoms with Gasteiger partial charge >= 0.3 is 5.97 Å². The van der Waals surface area contributed by atoms with E-state index in [4.69, 9.17) is 13.9 Å². The lowest BCUT2D eigenvalue weighted by molar-refractivity contribution is -0.108. The van der Waals surface area contributed by atoms with Crippen LogP contribution in [0, 0.1) is 0 Å². The van der Waals surface area contributed by atoms with Crippen molar-refractivity contribution in [2.45, 2.75) is 37.8 Å². The Kier molecular flexibility index (Phi) is 3.81. The first-order valence-corrected chi connectivity index (χ1v) is 7.23. The van der Waals surface area contributed by atoms with Gasteiger partial charge in [-0.3, -0.25) is 4.90 Å². The lowest BCUT2D eigenvalue weighted by atomic mass is 9.99. The number of esters is 1. The van der Waals surface area contributed by atoms with Gasteiger partial charge in [0, 0.05) is 13.1 Å². The number of methoxy groups -OCH3 is 1. The zero-order chi connectivity index (χ0) is 14.0. The third-order valence-electron chi connectivity index (χ3n) is 4.36. The van der Waals surface area contributed by atoms with E-state index in [0.717, 1.165) is 32.5 Å². The van der Waals surface area contributed by atoms with E-state index in [2.05, 4.69) is 4.90 Å². The second-order valence-corrected chi connectivity index (χ2v) is 5.70. The van der Waals surface area contributed by atoms with Crippen molar-refractivity contribution in [2.75, 3.05) is 26.8 Å². The highest BCUT2D eigenvalue weighted by atomic mass is 16.5. The van der Waals surface area contributed by atoms with Crippen molar-refractivity contribution in [3.63, 3.8) is 0 Å². The van der Waals surface area contributed by atoms with E-state index in [-0.39, 0.29) is 11.6 Å². The van der Waals surface area contributed by atoms with E-state index >= 15 is 0 Å². The van der Waals surface area contributed by atoms with Crippen LogP contribution < -0.4 is 0 Å². The Hall–Kier alpha value is -1.33. The van der Waals surface area contributed by atoms with E-state index in [1.54, 1.807) is 12.3 Å². The number of carbonyl (C=O) groups is 1. The van der Waals surface area contributed by atoms with Crippen LogP contribution in [0.4, 0.5) is 0 Å². The molecule has 2 aliphatic rings. The van der Waals surface area contributed by atoms with Crippen LogP contribution in [0.2, 0.25) is 0 Å². The number of hydrogen-bond donors (Lipinski definition) is 0. The molecule has 0 amide bonds. The van der Waals surface area contributed by atoms with Gasteiger partial charge in [-0.25, -0.2) is 4.79 Å². The maximum absolute atomic E-state index is 11.7. The maximum atomic E-state index is 11.7. The molecule has 0 aromatic carbocycles. The molecule has 2 heterocycles. The molecule has 2 fully saturated rings. The minimum Gasteiger partial charge on any atom is -0.467 e. The zero-order valence-corrected chi connectivity index (χ0v) is 11.9. The summed E-state index contributed by atoms with van der Waals surface area (Å²) in [6, 6.07) is 1.67. The van der Waals surface area contributed by atoms with Gasteiger partial charge < -0.3 is 13.9 Å². The molecule has 20 heavy (non-hydrogen) atoms. The van der Waals surface area contributed by atoms with Crippen molar-refractivity contribution in [1.82, 2.24) is 4.90 Å². The molecule has 1 aliphatic heterocycles. The first-order valence-electron chi connectivity index (χ1n) is 7.23. The van der Waals surface area contributed by atoms with E-state index in [0.29, 0.717) is 17.9 Å². The quantitative estimate of drug-likeness (QED) is 0.794. The molecule has 1 aromatic heterocycles. The average molecular weight is 279 g/mol. The molecule has 1 spiro atoms. The fourth-order valence-electron chi connectivity index (χ4n) is 3.34. The minimum atomic E-state index is -0.336. The summed E-state index contributed by atoms with van der Waals surface area (Å²) in [5.74, 6) is 0.351. The molecule has 1 saturated carbocycles. The first kappa shape index (κ1) is 13.6. The van der Waals surface area contributed by atoms with Crippen molar-refractivity contribution in [3.05, 3.63) is 23.7 Å². The number of ether oxygens (including phenoxy) is 2. The number of morpholine rings is 1. The van der Waals surface area contributed by atoms with Gasteiger partial charge in [-0.1, -0.05) is 12.8 Å². The molecule has 1 aromatic rings. The summed E-state index contributed by atoms with van der Waals surface area (Å²) in [5, 5.41) is 0. The first-order chi connectivity index (χ1) is 9.72. The fraction of sp³-hybridized carbons (Fsp3) is 0.667. The molecular weight excluding hydrogens is 258 g/mol. The number of furan rings is 1. The molecular formula is C15H21NO4. The van der Waals surface area contributed by atoms with Crippen LogP contribution in [0.5, 0.6) is 0 Å². The Bertz CT molecular complexity index is 476. The van der Waals surface area contributed by atoms with E-state index in [9.17, 15) is 4.79 Å². The molecule has 3 rings (SSSR count). The second-order valence-electron chi connectivity index (χ2n) is 5.70. The van der Waals surface area contributed by atoms with E-state index in [1.165, 1.54) is 20.0 Å². The largest absolute Gasteiger partial charge is 0.467 e. The smallest absolute Gasteiger partial charge is 0.341 e. The minimum absolute atomic E-state index is 0.0380. The Morgan fingerprint density at radius 1 is 1.45 bits per heavy atom. The highest BCUT2D eigenvalue weighted by molar-refractivity contribution is 5.90. The third-order valence-corrected chi connectivity index (χ3v) is 4.36. The van der Waals surface area contributed by atoms with Gasteiger partial charge in [-0.05, 0) is 18.9 Å². The van der Waals surface area contributed by atoms with Crippen LogP contribution in [0.1, 0.15) is 41.8 Å². The molecule has 1 saturated heterocycles. The summed E-state index contributed by atoms with van der Waals surface area (Å²) in [6.07, 6.45) is 6.34. The van der Waals surface area contributed by atoms with Crippen molar-refractivity contribution < 1.29 is 18.7 Å². The van der Waals surface area contributed by atoms with Gasteiger partial charge in [-0.2, -0.15) is 0 Å². The highest BCUT2D eigenvalue weighted by Crippen LogP contribution is 2.36.